The van der Waals surface area contributed by atoms with Crippen LogP contribution in [0.2, 0.25) is 0 Å². The number of thioether (sulfide) groups is 1. The van der Waals surface area contributed by atoms with Gasteiger partial charge in [0.2, 0.25) is 0 Å². The third-order valence-corrected chi connectivity index (χ3v) is 5.54. The van der Waals surface area contributed by atoms with Gasteiger partial charge < -0.3 is 14.8 Å². The lowest BCUT2D eigenvalue weighted by Crippen LogP contribution is -2.51. The van der Waals surface area contributed by atoms with Crippen LogP contribution in [0, 0.1) is 0 Å². The second-order valence-corrected chi connectivity index (χ2v) is 7.03. The van der Waals surface area contributed by atoms with E-state index in [2.05, 4.69) is 55.4 Å². The van der Waals surface area contributed by atoms with Gasteiger partial charge in [-0.1, -0.05) is 6.07 Å². The van der Waals surface area contributed by atoms with E-state index in [9.17, 15) is 0 Å². The SMILES string of the molecule is COc1cc([C@H](C)N[C@@H](C)[C@@H](C)N2CCOCC2)ccc1SC. The van der Waals surface area contributed by atoms with E-state index in [1.165, 1.54) is 10.5 Å². The van der Waals surface area contributed by atoms with Crippen molar-refractivity contribution in [2.45, 2.75) is 43.8 Å². The molecule has 23 heavy (non-hydrogen) atoms. The molecule has 4 nitrogen and oxygen atoms in total. The van der Waals surface area contributed by atoms with Crippen LogP contribution in [0.5, 0.6) is 5.75 Å². The molecule has 0 unspecified atom stereocenters. The molecular weight excluding hydrogens is 308 g/mol. The summed E-state index contributed by atoms with van der Waals surface area (Å²) in [4.78, 5) is 3.68. The zero-order valence-electron chi connectivity index (χ0n) is 15.0. The van der Waals surface area contributed by atoms with Gasteiger partial charge in [0.05, 0.1) is 20.3 Å². The number of hydrogen-bond donors (Lipinski definition) is 1. The number of benzene rings is 1. The molecule has 0 bridgehead atoms. The predicted molar refractivity (Wildman–Crippen MR) is 97.6 cm³/mol. The van der Waals surface area contributed by atoms with E-state index in [0.717, 1.165) is 32.1 Å². The fourth-order valence-corrected chi connectivity index (χ4v) is 3.60. The highest BCUT2D eigenvalue weighted by Crippen LogP contribution is 2.30. The summed E-state index contributed by atoms with van der Waals surface area (Å²) in [7, 11) is 1.74. The quantitative estimate of drug-likeness (QED) is 0.772. The summed E-state index contributed by atoms with van der Waals surface area (Å²) in [6.45, 7) is 10.5. The highest BCUT2D eigenvalue weighted by Gasteiger charge is 2.23. The van der Waals surface area contributed by atoms with Crippen molar-refractivity contribution >= 4 is 11.8 Å². The third-order valence-electron chi connectivity index (χ3n) is 4.77. The lowest BCUT2D eigenvalue weighted by molar-refractivity contribution is 0.0129. The van der Waals surface area contributed by atoms with Crippen LogP contribution in [0.3, 0.4) is 0 Å². The summed E-state index contributed by atoms with van der Waals surface area (Å²) in [5.74, 6) is 0.956. The molecule has 1 fully saturated rings. The van der Waals surface area contributed by atoms with Gasteiger partial charge in [-0.15, -0.1) is 11.8 Å². The maximum absolute atomic E-state index is 5.50. The summed E-state index contributed by atoms with van der Waals surface area (Å²) in [6.07, 6.45) is 2.07. The fraction of sp³-hybridized carbons (Fsp3) is 0.667. The Balaban J connectivity index is 1.98. The van der Waals surface area contributed by atoms with Crippen LogP contribution in [0.4, 0.5) is 0 Å². The number of ether oxygens (including phenoxy) is 2. The van der Waals surface area contributed by atoms with Crippen molar-refractivity contribution in [1.82, 2.24) is 10.2 Å². The monoisotopic (exact) mass is 338 g/mol. The van der Waals surface area contributed by atoms with Gasteiger partial charge in [0, 0.05) is 36.1 Å². The first-order valence-electron chi connectivity index (χ1n) is 8.36. The average molecular weight is 339 g/mol. The first-order valence-corrected chi connectivity index (χ1v) is 9.59. The molecule has 1 saturated heterocycles. The van der Waals surface area contributed by atoms with Crippen molar-refractivity contribution in [2.24, 2.45) is 0 Å². The topological polar surface area (TPSA) is 33.7 Å². The molecule has 1 aromatic rings. The lowest BCUT2D eigenvalue weighted by Gasteiger charge is -2.37. The molecular formula is C18H30N2O2S. The maximum atomic E-state index is 5.50. The summed E-state index contributed by atoms with van der Waals surface area (Å²) in [5.41, 5.74) is 1.26. The van der Waals surface area contributed by atoms with E-state index >= 15 is 0 Å². The van der Waals surface area contributed by atoms with Gasteiger partial charge in [-0.2, -0.15) is 0 Å². The Bertz CT molecular complexity index is 492. The Morgan fingerprint density at radius 2 is 1.91 bits per heavy atom. The Kier molecular flexibility index (Phi) is 7.21. The molecule has 3 atom stereocenters. The summed E-state index contributed by atoms with van der Waals surface area (Å²) in [6, 6.07) is 7.68. The van der Waals surface area contributed by atoms with Gasteiger partial charge in [-0.3, -0.25) is 4.90 Å². The molecule has 0 spiro atoms. The summed E-state index contributed by atoms with van der Waals surface area (Å²) >= 11 is 1.71. The zero-order chi connectivity index (χ0) is 16.8. The standard InChI is InChI=1S/C18H30N2O2S/c1-13(15(3)20-8-10-22-11-9-20)19-14(2)16-6-7-18(23-5)17(12-16)21-4/h6-7,12-15,19H,8-11H2,1-5H3/t13-,14-,15+/m0/s1. The van der Waals surface area contributed by atoms with Crippen LogP contribution in [-0.4, -0.2) is 56.7 Å². The van der Waals surface area contributed by atoms with Crippen molar-refractivity contribution in [3.8, 4) is 5.75 Å². The van der Waals surface area contributed by atoms with Crippen molar-refractivity contribution < 1.29 is 9.47 Å². The Labute approximate surface area is 144 Å². The molecule has 0 radical (unpaired) electrons. The molecule has 0 amide bonds. The number of methoxy groups -OCH3 is 1. The highest BCUT2D eigenvalue weighted by atomic mass is 32.2. The highest BCUT2D eigenvalue weighted by molar-refractivity contribution is 7.98. The third kappa shape index (κ3) is 4.86. The van der Waals surface area contributed by atoms with Crippen molar-refractivity contribution in [3.05, 3.63) is 23.8 Å². The number of nitrogens with one attached hydrogen (secondary N) is 1. The largest absolute Gasteiger partial charge is 0.496 e. The molecule has 1 aliphatic heterocycles. The van der Waals surface area contributed by atoms with Crippen LogP contribution >= 0.6 is 11.8 Å². The molecule has 5 heteroatoms. The molecule has 2 rings (SSSR count). The van der Waals surface area contributed by atoms with Crippen molar-refractivity contribution in [3.63, 3.8) is 0 Å². The van der Waals surface area contributed by atoms with Gasteiger partial charge in [-0.25, -0.2) is 0 Å². The predicted octanol–water partition coefficient (Wildman–Crippen LogP) is 3.18. The minimum atomic E-state index is 0.290. The average Bonchev–Trinajstić information content (AvgIpc) is 2.60. The first-order chi connectivity index (χ1) is 11.1. The van der Waals surface area contributed by atoms with Crippen LogP contribution < -0.4 is 10.1 Å². The minimum Gasteiger partial charge on any atom is -0.496 e. The summed E-state index contributed by atoms with van der Waals surface area (Å²) < 4.78 is 11.0. The van der Waals surface area contributed by atoms with E-state index in [0.29, 0.717) is 18.1 Å². The number of rotatable bonds is 7. The molecule has 0 aromatic heterocycles. The summed E-state index contributed by atoms with van der Waals surface area (Å²) in [5, 5.41) is 3.74. The van der Waals surface area contributed by atoms with Gasteiger partial charge in [0.25, 0.3) is 0 Å². The second-order valence-electron chi connectivity index (χ2n) is 6.18. The smallest absolute Gasteiger partial charge is 0.132 e. The zero-order valence-corrected chi connectivity index (χ0v) is 15.8. The Morgan fingerprint density at radius 3 is 2.52 bits per heavy atom. The van der Waals surface area contributed by atoms with Gasteiger partial charge in [-0.05, 0) is 44.7 Å². The van der Waals surface area contributed by atoms with E-state index in [4.69, 9.17) is 9.47 Å². The van der Waals surface area contributed by atoms with Gasteiger partial charge in [0.15, 0.2) is 0 Å². The van der Waals surface area contributed by atoms with Gasteiger partial charge in [0.1, 0.15) is 5.75 Å². The minimum absolute atomic E-state index is 0.290. The van der Waals surface area contributed by atoms with Crippen molar-refractivity contribution in [1.29, 1.82) is 0 Å². The van der Waals surface area contributed by atoms with E-state index in [1.807, 2.05) is 0 Å². The fourth-order valence-electron chi connectivity index (χ4n) is 3.05. The second kappa shape index (κ2) is 8.92. The normalized spacial score (nSPS) is 20.0. The van der Waals surface area contributed by atoms with E-state index in [1.54, 1.807) is 18.9 Å². The molecule has 0 aliphatic carbocycles. The number of nitrogens with zero attached hydrogens (tertiary/aromatic N) is 1. The lowest BCUT2D eigenvalue weighted by atomic mass is 10.0. The Hall–Kier alpha value is -0.750. The van der Waals surface area contributed by atoms with Crippen LogP contribution in [0.1, 0.15) is 32.4 Å². The Morgan fingerprint density at radius 1 is 1.22 bits per heavy atom. The first kappa shape index (κ1) is 18.6. The van der Waals surface area contributed by atoms with Crippen molar-refractivity contribution in [2.75, 3.05) is 39.7 Å². The molecule has 1 aliphatic rings. The molecule has 130 valence electrons. The van der Waals surface area contributed by atoms with E-state index in [-0.39, 0.29) is 0 Å². The maximum Gasteiger partial charge on any atom is 0.132 e. The number of morpholine rings is 1. The molecule has 1 N–H and O–H groups in total. The molecule has 1 heterocycles. The van der Waals surface area contributed by atoms with E-state index < -0.39 is 0 Å². The van der Waals surface area contributed by atoms with Crippen LogP contribution in [-0.2, 0) is 4.74 Å². The molecule has 0 saturated carbocycles. The van der Waals surface area contributed by atoms with Crippen LogP contribution in [0.15, 0.2) is 23.1 Å². The number of hydrogen-bond acceptors (Lipinski definition) is 5. The molecule has 1 aromatic carbocycles. The van der Waals surface area contributed by atoms with Gasteiger partial charge >= 0.3 is 0 Å². The van der Waals surface area contributed by atoms with Crippen LogP contribution in [0.25, 0.3) is 0 Å².